The van der Waals surface area contributed by atoms with Crippen molar-refractivity contribution in [2.45, 2.75) is 26.4 Å². The lowest BCUT2D eigenvalue weighted by Crippen LogP contribution is -2.18. The number of methoxy groups -OCH3 is 1. The fourth-order valence-corrected chi connectivity index (χ4v) is 2.00. The van der Waals surface area contributed by atoms with Crippen molar-refractivity contribution in [1.29, 1.82) is 0 Å². The maximum atomic E-state index is 11.3. The van der Waals surface area contributed by atoms with Crippen LogP contribution in [0.1, 0.15) is 40.1 Å². The van der Waals surface area contributed by atoms with E-state index in [2.05, 4.69) is 53.2 Å². The summed E-state index contributed by atoms with van der Waals surface area (Å²) in [5.74, 6) is -0.366. The number of nitrogens with one attached hydrogen (secondary N) is 1. The molecular weight excluding hydrogens is 264 g/mol. The monoisotopic (exact) mass is 284 g/mol. The van der Waals surface area contributed by atoms with Gasteiger partial charge in [0.1, 0.15) is 0 Å². The molecule has 110 valence electrons. The fourth-order valence-electron chi connectivity index (χ4n) is 2.00. The Hall–Kier alpha value is -2.20. The van der Waals surface area contributed by atoms with Crippen molar-refractivity contribution in [3.8, 4) is 0 Å². The topological polar surface area (TPSA) is 51.2 Å². The van der Waals surface area contributed by atoms with Crippen LogP contribution in [0.25, 0.3) is 0 Å². The van der Waals surface area contributed by atoms with E-state index in [0.29, 0.717) is 12.1 Å². The number of esters is 1. The van der Waals surface area contributed by atoms with E-state index in [1.165, 1.54) is 18.2 Å². The molecule has 1 aromatic heterocycles. The zero-order chi connectivity index (χ0) is 15.2. The molecule has 0 aliphatic carbocycles. The van der Waals surface area contributed by atoms with Gasteiger partial charge in [0, 0.05) is 18.8 Å². The lowest BCUT2D eigenvalue weighted by atomic mass is 10.1. The number of hydrogen-bond donors (Lipinski definition) is 1. The molecule has 0 amide bonds. The second kappa shape index (κ2) is 6.99. The van der Waals surface area contributed by atoms with Gasteiger partial charge in [-0.1, -0.05) is 29.8 Å². The third kappa shape index (κ3) is 4.13. The molecule has 4 heteroatoms. The molecule has 0 aliphatic heterocycles. The van der Waals surface area contributed by atoms with E-state index in [9.17, 15) is 4.79 Å². The summed E-state index contributed by atoms with van der Waals surface area (Å²) < 4.78 is 4.65. The average Bonchev–Trinajstić information content (AvgIpc) is 2.53. The maximum absolute atomic E-state index is 11.3. The summed E-state index contributed by atoms with van der Waals surface area (Å²) >= 11 is 0. The molecule has 21 heavy (non-hydrogen) atoms. The SMILES string of the molecule is COC(=O)c1ccc(CNC(C)c2ccc(C)cc2)nc1. The van der Waals surface area contributed by atoms with E-state index in [1.807, 2.05) is 6.07 Å². The Morgan fingerprint density at radius 1 is 1.24 bits per heavy atom. The Bertz CT molecular complexity index is 591. The Kier molecular flexibility index (Phi) is 5.06. The number of aryl methyl sites for hydroxylation is 1. The predicted octanol–water partition coefficient (Wildman–Crippen LogP) is 3.03. The van der Waals surface area contributed by atoms with Crippen LogP contribution < -0.4 is 5.32 Å². The molecule has 0 spiro atoms. The highest BCUT2D eigenvalue weighted by molar-refractivity contribution is 5.88. The molecule has 0 bridgehead atoms. The van der Waals surface area contributed by atoms with E-state index < -0.39 is 0 Å². The smallest absolute Gasteiger partial charge is 0.339 e. The van der Waals surface area contributed by atoms with Gasteiger partial charge in [-0.15, -0.1) is 0 Å². The molecule has 0 fully saturated rings. The van der Waals surface area contributed by atoms with Gasteiger partial charge in [-0.05, 0) is 31.5 Å². The molecule has 0 saturated carbocycles. The van der Waals surface area contributed by atoms with Gasteiger partial charge < -0.3 is 10.1 Å². The van der Waals surface area contributed by atoms with Gasteiger partial charge in [0.05, 0.1) is 18.4 Å². The van der Waals surface area contributed by atoms with Crippen LogP contribution in [-0.4, -0.2) is 18.1 Å². The van der Waals surface area contributed by atoms with Crippen LogP contribution in [0.5, 0.6) is 0 Å². The zero-order valence-corrected chi connectivity index (χ0v) is 12.6. The molecule has 2 rings (SSSR count). The quantitative estimate of drug-likeness (QED) is 0.857. The number of benzene rings is 1. The summed E-state index contributed by atoms with van der Waals surface area (Å²) in [5.41, 5.74) is 3.85. The first-order chi connectivity index (χ1) is 10.1. The molecule has 1 heterocycles. The highest BCUT2D eigenvalue weighted by Gasteiger charge is 2.07. The Balaban J connectivity index is 1.93. The minimum absolute atomic E-state index is 0.243. The van der Waals surface area contributed by atoms with Crippen LogP contribution >= 0.6 is 0 Å². The second-order valence-electron chi connectivity index (χ2n) is 5.04. The fraction of sp³-hybridized carbons (Fsp3) is 0.294. The summed E-state index contributed by atoms with van der Waals surface area (Å²) in [5, 5.41) is 3.42. The van der Waals surface area contributed by atoms with E-state index in [-0.39, 0.29) is 12.0 Å². The van der Waals surface area contributed by atoms with Crippen molar-refractivity contribution in [2.24, 2.45) is 0 Å². The first-order valence-corrected chi connectivity index (χ1v) is 6.93. The van der Waals surface area contributed by atoms with E-state index in [0.717, 1.165) is 5.69 Å². The van der Waals surface area contributed by atoms with E-state index in [4.69, 9.17) is 0 Å². The summed E-state index contributed by atoms with van der Waals surface area (Å²) in [4.78, 5) is 15.6. The van der Waals surface area contributed by atoms with Gasteiger partial charge in [0.15, 0.2) is 0 Å². The van der Waals surface area contributed by atoms with Gasteiger partial charge in [-0.2, -0.15) is 0 Å². The normalized spacial score (nSPS) is 12.0. The lowest BCUT2D eigenvalue weighted by molar-refractivity contribution is 0.0600. The van der Waals surface area contributed by atoms with Crippen LogP contribution in [0.4, 0.5) is 0 Å². The van der Waals surface area contributed by atoms with Gasteiger partial charge in [-0.3, -0.25) is 4.98 Å². The molecule has 0 saturated heterocycles. The Morgan fingerprint density at radius 2 is 1.95 bits per heavy atom. The summed E-state index contributed by atoms with van der Waals surface area (Å²) in [6.45, 7) is 4.85. The third-order valence-corrected chi connectivity index (χ3v) is 3.41. The largest absolute Gasteiger partial charge is 0.465 e. The Morgan fingerprint density at radius 3 is 2.52 bits per heavy atom. The van der Waals surface area contributed by atoms with Crippen LogP contribution in [0.15, 0.2) is 42.6 Å². The number of ether oxygens (including phenoxy) is 1. The standard InChI is InChI=1S/C17H20N2O2/c1-12-4-6-14(7-5-12)13(2)18-11-16-9-8-15(10-19-16)17(20)21-3/h4-10,13,18H,11H2,1-3H3. The highest BCUT2D eigenvalue weighted by atomic mass is 16.5. The first-order valence-electron chi connectivity index (χ1n) is 6.93. The molecular formula is C17H20N2O2. The van der Waals surface area contributed by atoms with Crippen molar-refractivity contribution in [1.82, 2.24) is 10.3 Å². The van der Waals surface area contributed by atoms with Gasteiger partial charge >= 0.3 is 5.97 Å². The number of pyridine rings is 1. The van der Waals surface area contributed by atoms with Crippen LogP contribution in [0, 0.1) is 6.92 Å². The number of rotatable bonds is 5. The van der Waals surface area contributed by atoms with Crippen molar-refractivity contribution in [2.75, 3.05) is 7.11 Å². The van der Waals surface area contributed by atoms with Gasteiger partial charge in [0.2, 0.25) is 0 Å². The number of carbonyl (C=O) groups is 1. The zero-order valence-electron chi connectivity index (χ0n) is 12.6. The van der Waals surface area contributed by atoms with Crippen LogP contribution in [0.3, 0.4) is 0 Å². The lowest BCUT2D eigenvalue weighted by Gasteiger charge is -2.14. The second-order valence-corrected chi connectivity index (χ2v) is 5.04. The summed E-state index contributed by atoms with van der Waals surface area (Å²) in [6, 6.07) is 12.3. The third-order valence-electron chi connectivity index (χ3n) is 3.41. The highest BCUT2D eigenvalue weighted by Crippen LogP contribution is 2.13. The molecule has 1 unspecified atom stereocenters. The number of nitrogens with zero attached hydrogens (tertiary/aromatic N) is 1. The predicted molar refractivity (Wildman–Crippen MR) is 82.0 cm³/mol. The number of aromatic nitrogens is 1. The average molecular weight is 284 g/mol. The molecule has 4 nitrogen and oxygen atoms in total. The maximum Gasteiger partial charge on any atom is 0.339 e. The van der Waals surface area contributed by atoms with Crippen LogP contribution in [0.2, 0.25) is 0 Å². The molecule has 1 atom stereocenters. The molecule has 1 aromatic carbocycles. The van der Waals surface area contributed by atoms with Crippen LogP contribution in [-0.2, 0) is 11.3 Å². The van der Waals surface area contributed by atoms with Crippen molar-refractivity contribution < 1.29 is 9.53 Å². The van der Waals surface area contributed by atoms with E-state index in [1.54, 1.807) is 12.3 Å². The Labute approximate surface area is 125 Å². The number of carbonyl (C=O) groups excluding carboxylic acids is 1. The van der Waals surface area contributed by atoms with E-state index >= 15 is 0 Å². The van der Waals surface area contributed by atoms with Crippen molar-refractivity contribution >= 4 is 5.97 Å². The molecule has 2 aromatic rings. The van der Waals surface area contributed by atoms with Gasteiger partial charge in [0.25, 0.3) is 0 Å². The summed E-state index contributed by atoms with van der Waals surface area (Å²) in [7, 11) is 1.36. The summed E-state index contributed by atoms with van der Waals surface area (Å²) in [6.07, 6.45) is 1.54. The molecule has 1 N–H and O–H groups in total. The van der Waals surface area contributed by atoms with Gasteiger partial charge in [-0.25, -0.2) is 4.79 Å². The number of hydrogen-bond acceptors (Lipinski definition) is 4. The minimum atomic E-state index is -0.366. The molecule has 0 aliphatic rings. The van der Waals surface area contributed by atoms with Crippen molar-refractivity contribution in [3.63, 3.8) is 0 Å². The first kappa shape index (κ1) is 15.2. The van der Waals surface area contributed by atoms with Crippen molar-refractivity contribution in [3.05, 3.63) is 65.0 Å². The minimum Gasteiger partial charge on any atom is -0.465 e. The molecule has 0 radical (unpaired) electrons.